The highest BCUT2D eigenvalue weighted by molar-refractivity contribution is 7.90. The predicted octanol–water partition coefficient (Wildman–Crippen LogP) is 0.673. The molecule has 1 rings (SSSR count). The molecule has 1 fully saturated rings. The van der Waals surface area contributed by atoms with Crippen LogP contribution in [0.2, 0.25) is 0 Å². The molecular weight excluding hydrogens is 282 g/mol. The quantitative estimate of drug-likeness (QED) is 0.751. The Labute approximate surface area is 119 Å². The van der Waals surface area contributed by atoms with Crippen molar-refractivity contribution >= 4 is 21.7 Å². The number of amides is 1. The van der Waals surface area contributed by atoms with Crippen LogP contribution >= 0.6 is 0 Å². The van der Waals surface area contributed by atoms with Crippen molar-refractivity contribution in [3.8, 4) is 0 Å². The zero-order valence-electron chi connectivity index (χ0n) is 12.1. The maximum Gasteiger partial charge on any atom is 0.307 e. The summed E-state index contributed by atoms with van der Waals surface area (Å²) in [6, 6.07) is -0.507. The second-order valence-corrected chi connectivity index (χ2v) is 7.98. The van der Waals surface area contributed by atoms with E-state index in [1.807, 2.05) is 6.92 Å². The lowest BCUT2D eigenvalue weighted by atomic mass is 9.95. The van der Waals surface area contributed by atoms with Crippen molar-refractivity contribution in [2.24, 2.45) is 17.8 Å². The number of carbonyl (C=O) groups is 2. The molecule has 1 amide bonds. The maximum atomic E-state index is 12.1. The molecule has 4 atom stereocenters. The van der Waals surface area contributed by atoms with E-state index in [-0.39, 0.29) is 17.6 Å². The number of nitrogens with one attached hydrogen (secondary N) is 1. The third kappa shape index (κ3) is 4.77. The molecule has 0 aromatic carbocycles. The zero-order chi connectivity index (χ0) is 15.5. The largest absolute Gasteiger partial charge is 0.481 e. The molecule has 0 aromatic rings. The van der Waals surface area contributed by atoms with Crippen LogP contribution in [0.4, 0.5) is 0 Å². The van der Waals surface area contributed by atoms with Crippen LogP contribution in [0.15, 0.2) is 0 Å². The molecule has 0 saturated heterocycles. The minimum Gasteiger partial charge on any atom is -0.481 e. The summed E-state index contributed by atoms with van der Waals surface area (Å²) >= 11 is 0. The fourth-order valence-electron chi connectivity index (χ4n) is 2.88. The standard InChI is InChI=1S/C13H23NO5S/c1-4-9-5-10(11(6-9)13(16)17)12(15)14-8(2)7-20(3,18)19/h8-11H,4-7H2,1-3H3,(H,14,15)(H,16,17). The van der Waals surface area contributed by atoms with Gasteiger partial charge >= 0.3 is 5.97 Å². The molecule has 1 aliphatic rings. The van der Waals surface area contributed by atoms with Crippen molar-refractivity contribution in [1.29, 1.82) is 0 Å². The summed E-state index contributed by atoms with van der Waals surface area (Å²) in [5, 5.41) is 11.8. The third-order valence-electron chi connectivity index (χ3n) is 3.83. The summed E-state index contributed by atoms with van der Waals surface area (Å²) in [5.41, 5.74) is 0. The van der Waals surface area contributed by atoms with Crippen LogP contribution < -0.4 is 5.32 Å². The smallest absolute Gasteiger partial charge is 0.307 e. The molecule has 0 heterocycles. The van der Waals surface area contributed by atoms with E-state index in [4.69, 9.17) is 0 Å². The molecule has 4 unspecified atom stereocenters. The van der Waals surface area contributed by atoms with E-state index in [1.165, 1.54) is 0 Å². The molecule has 0 aromatic heterocycles. The first-order valence-electron chi connectivity index (χ1n) is 6.85. The normalized spacial score (nSPS) is 28.1. The van der Waals surface area contributed by atoms with Gasteiger partial charge in [-0.3, -0.25) is 9.59 Å². The summed E-state index contributed by atoms with van der Waals surface area (Å²) in [6.45, 7) is 3.59. The summed E-state index contributed by atoms with van der Waals surface area (Å²) in [5.74, 6) is -2.40. The van der Waals surface area contributed by atoms with Gasteiger partial charge in [-0.15, -0.1) is 0 Å². The first-order chi connectivity index (χ1) is 9.14. The molecule has 0 bridgehead atoms. The van der Waals surface area contributed by atoms with Gasteiger partial charge in [0, 0.05) is 12.3 Å². The Hall–Kier alpha value is -1.11. The van der Waals surface area contributed by atoms with Crippen molar-refractivity contribution < 1.29 is 23.1 Å². The Morgan fingerprint density at radius 2 is 1.85 bits per heavy atom. The van der Waals surface area contributed by atoms with Crippen LogP contribution in [0.25, 0.3) is 0 Å². The van der Waals surface area contributed by atoms with Gasteiger partial charge in [0.1, 0.15) is 9.84 Å². The first kappa shape index (κ1) is 16.9. The number of carboxylic acids is 1. The Balaban J connectivity index is 2.68. The Bertz CT molecular complexity index is 473. The number of sulfone groups is 1. The minimum atomic E-state index is -3.17. The van der Waals surface area contributed by atoms with Gasteiger partial charge in [-0.1, -0.05) is 13.3 Å². The van der Waals surface area contributed by atoms with Crippen LogP contribution in [-0.4, -0.2) is 43.5 Å². The fourth-order valence-corrected chi connectivity index (χ4v) is 3.88. The van der Waals surface area contributed by atoms with E-state index >= 15 is 0 Å². The number of hydrogen-bond acceptors (Lipinski definition) is 4. The lowest BCUT2D eigenvalue weighted by Gasteiger charge is -2.19. The molecule has 1 saturated carbocycles. The van der Waals surface area contributed by atoms with Crippen LogP contribution in [0, 0.1) is 17.8 Å². The second-order valence-electron chi connectivity index (χ2n) is 5.80. The van der Waals surface area contributed by atoms with E-state index in [2.05, 4.69) is 5.32 Å². The number of carboxylic acid groups (broad SMARTS) is 1. The Kier molecular flexibility index (Phi) is 5.56. The molecule has 0 spiro atoms. The number of carbonyl (C=O) groups excluding carboxylic acids is 1. The van der Waals surface area contributed by atoms with Gasteiger partial charge in [-0.25, -0.2) is 8.42 Å². The molecule has 116 valence electrons. The van der Waals surface area contributed by atoms with Gasteiger partial charge < -0.3 is 10.4 Å². The second kappa shape index (κ2) is 6.56. The Morgan fingerprint density at radius 3 is 2.30 bits per heavy atom. The van der Waals surface area contributed by atoms with Gasteiger partial charge in [0.25, 0.3) is 0 Å². The van der Waals surface area contributed by atoms with Crippen molar-refractivity contribution in [3.63, 3.8) is 0 Å². The highest BCUT2D eigenvalue weighted by atomic mass is 32.2. The Morgan fingerprint density at radius 1 is 1.30 bits per heavy atom. The first-order valence-corrected chi connectivity index (χ1v) is 8.91. The van der Waals surface area contributed by atoms with E-state index in [9.17, 15) is 23.1 Å². The predicted molar refractivity (Wildman–Crippen MR) is 74.9 cm³/mol. The van der Waals surface area contributed by atoms with Gasteiger partial charge in [0.05, 0.1) is 17.6 Å². The highest BCUT2D eigenvalue weighted by Gasteiger charge is 2.42. The molecule has 6 nitrogen and oxygen atoms in total. The van der Waals surface area contributed by atoms with E-state index < -0.39 is 33.7 Å². The molecule has 7 heteroatoms. The summed E-state index contributed by atoms with van der Waals surface area (Å²) < 4.78 is 22.3. The topological polar surface area (TPSA) is 101 Å². The molecule has 0 aliphatic heterocycles. The van der Waals surface area contributed by atoms with Crippen molar-refractivity contribution in [3.05, 3.63) is 0 Å². The molecule has 20 heavy (non-hydrogen) atoms. The molecular formula is C13H23NO5S. The lowest BCUT2D eigenvalue weighted by molar-refractivity contribution is -0.146. The average Bonchev–Trinajstić information content (AvgIpc) is 2.70. The van der Waals surface area contributed by atoms with Gasteiger partial charge in [-0.2, -0.15) is 0 Å². The van der Waals surface area contributed by atoms with Crippen molar-refractivity contribution in [1.82, 2.24) is 5.32 Å². The maximum absolute atomic E-state index is 12.1. The monoisotopic (exact) mass is 305 g/mol. The fraction of sp³-hybridized carbons (Fsp3) is 0.846. The van der Waals surface area contributed by atoms with E-state index in [1.54, 1.807) is 6.92 Å². The van der Waals surface area contributed by atoms with Crippen LogP contribution in [0.3, 0.4) is 0 Å². The van der Waals surface area contributed by atoms with Crippen LogP contribution in [0.1, 0.15) is 33.1 Å². The molecule has 0 radical (unpaired) electrons. The van der Waals surface area contributed by atoms with Crippen molar-refractivity contribution in [2.45, 2.75) is 39.2 Å². The molecule has 2 N–H and O–H groups in total. The van der Waals surface area contributed by atoms with Crippen LogP contribution in [-0.2, 0) is 19.4 Å². The summed E-state index contributed by atoms with van der Waals surface area (Å²) in [4.78, 5) is 23.4. The number of rotatable bonds is 6. The summed E-state index contributed by atoms with van der Waals surface area (Å²) in [6.07, 6.45) is 3.04. The number of hydrogen-bond donors (Lipinski definition) is 2. The average molecular weight is 305 g/mol. The number of aliphatic carboxylic acids is 1. The minimum absolute atomic E-state index is 0.138. The zero-order valence-corrected chi connectivity index (χ0v) is 12.9. The van der Waals surface area contributed by atoms with E-state index in [0.717, 1.165) is 12.7 Å². The third-order valence-corrected chi connectivity index (χ3v) is 4.94. The van der Waals surface area contributed by atoms with Gasteiger partial charge in [-0.05, 0) is 25.7 Å². The SMILES string of the molecule is CCC1CC(C(=O)O)C(C(=O)NC(C)CS(C)(=O)=O)C1. The highest BCUT2D eigenvalue weighted by Crippen LogP contribution is 2.38. The lowest BCUT2D eigenvalue weighted by Crippen LogP contribution is -2.42. The van der Waals surface area contributed by atoms with Crippen molar-refractivity contribution in [2.75, 3.05) is 12.0 Å². The molecule has 1 aliphatic carbocycles. The van der Waals surface area contributed by atoms with Gasteiger partial charge in [0.2, 0.25) is 5.91 Å². The van der Waals surface area contributed by atoms with Crippen LogP contribution in [0.5, 0.6) is 0 Å². The summed E-state index contributed by atoms with van der Waals surface area (Å²) in [7, 11) is -3.17. The van der Waals surface area contributed by atoms with E-state index in [0.29, 0.717) is 12.8 Å². The van der Waals surface area contributed by atoms with Gasteiger partial charge in [0.15, 0.2) is 0 Å².